The number of nitrogens with two attached hydrogens (primary N) is 1. The smallest absolute Gasteiger partial charge is 0.160 e. The standard InChI is InChI=1S/C12H18N2O3/c1-16-10-7-6-9(8-11(10)17-2)4-3-5-12(13)14-15/h6-8,15H,3-5H2,1-2H3,(H2,13,14). The van der Waals surface area contributed by atoms with Crippen LogP contribution < -0.4 is 15.2 Å². The molecule has 0 aliphatic rings. The van der Waals surface area contributed by atoms with Crippen LogP contribution in [-0.4, -0.2) is 25.3 Å². The van der Waals surface area contributed by atoms with Gasteiger partial charge in [0, 0.05) is 6.42 Å². The summed E-state index contributed by atoms with van der Waals surface area (Å²) in [4.78, 5) is 0. The number of hydrogen-bond donors (Lipinski definition) is 2. The molecule has 0 saturated heterocycles. The van der Waals surface area contributed by atoms with Gasteiger partial charge in [-0.05, 0) is 30.5 Å². The average Bonchev–Trinajstić information content (AvgIpc) is 2.38. The second-order valence-electron chi connectivity index (χ2n) is 3.63. The maximum atomic E-state index is 8.41. The van der Waals surface area contributed by atoms with Gasteiger partial charge in [0.1, 0.15) is 5.84 Å². The Morgan fingerprint density at radius 3 is 2.59 bits per heavy atom. The first-order valence-electron chi connectivity index (χ1n) is 5.38. The molecule has 5 nitrogen and oxygen atoms in total. The van der Waals surface area contributed by atoms with Crippen molar-refractivity contribution in [1.82, 2.24) is 0 Å². The van der Waals surface area contributed by atoms with Crippen molar-refractivity contribution in [3.63, 3.8) is 0 Å². The normalized spacial score (nSPS) is 11.3. The summed E-state index contributed by atoms with van der Waals surface area (Å²) < 4.78 is 10.4. The highest BCUT2D eigenvalue weighted by molar-refractivity contribution is 5.79. The molecule has 0 fully saturated rings. The average molecular weight is 238 g/mol. The first kappa shape index (κ1) is 13.2. The van der Waals surface area contributed by atoms with Crippen LogP contribution in [0.25, 0.3) is 0 Å². The van der Waals surface area contributed by atoms with Gasteiger partial charge in [0.2, 0.25) is 0 Å². The lowest BCUT2D eigenvalue weighted by molar-refractivity contribution is 0.316. The number of hydrogen-bond acceptors (Lipinski definition) is 4. The van der Waals surface area contributed by atoms with Crippen LogP contribution in [0.3, 0.4) is 0 Å². The van der Waals surface area contributed by atoms with E-state index in [-0.39, 0.29) is 5.84 Å². The lowest BCUT2D eigenvalue weighted by Gasteiger charge is -2.09. The SMILES string of the molecule is COc1ccc(CCC/C(N)=N\O)cc1OC. The molecule has 1 aromatic carbocycles. The van der Waals surface area contributed by atoms with E-state index < -0.39 is 0 Å². The van der Waals surface area contributed by atoms with Gasteiger partial charge in [0.25, 0.3) is 0 Å². The maximum absolute atomic E-state index is 8.41. The van der Waals surface area contributed by atoms with Gasteiger partial charge >= 0.3 is 0 Å². The third-order valence-electron chi connectivity index (χ3n) is 2.47. The summed E-state index contributed by atoms with van der Waals surface area (Å²) in [5.74, 6) is 1.69. The molecule has 0 unspecified atom stereocenters. The second-order valence-corrected chi connectivity index (χ2v) is 3.63. The minimum atomic E-state index is 0.255. The molecule has 1 aromatic rings. The third-order valence-corrected chi connectivity index (χ3v) is 2.47. The van der Waals surface area contributed by atoms with E-state index >= 15 is 0 Å². The van der Waals surface area contributed by atoms with Gasteiger partial charge in [0.15, 0.2) is 11.5 Å². The van der Waals surface area contributed by atoms with E-state index in [2.05, 4.69) is 5.16 Å². The molecule has 0 saturated carbocycles. The van der Waals surface area contributed by atoms with E-state index in [0.29, 0.717) is 17.9 Å². The van der Waals surface area contributed by atoms with E-state index in [0.717, 1.165) is 18.4 Å². The number of rotatable bonds is 6. The molecule has 0 bridgehead atoms. The Morgan fingerprint density at radius 2 is 2.00 bits per heavy atom. The molecule has 0 aromatic heterocycles. The minimum absolute atomic E-state index is 0.255. The number of ether oxygens (including phenoxy) is 2. The van der Waals surface area contributed by atoms with Crippen molar-refractivity contribution in [2.24, 2.45) is 10.9 Å². The van der Waals surface area contributed by atoms with Gasteiger partial charge in [-0.2, -0.15) is 0 Å². The van der Waals surface area contributed by atoms with E-state index in [1.54, 1.807) is 14.2 Å². The Labute approximate surface area is 101 Å². The van der Waals surface area contributed by atoms with Crippen LogP contribution in [0.4, 0.5) is 0 Å². The first-order valence-corrected chi connectivity index (χ1v) is 5.38. The van der Waals surface area contributed by atoms with Crippen LogP contribution in [-0.2, 0) is 6.42 Å². The molecular weight excluding hydrogens is 220 g/mol. The third kappa shape index (κ3) is 3.86. The molecule has 0 radical (unpaired) electrons. The van der Waals surface area contributed by atoms with Crippen molar-refractivity contribution >= 4 is 5.84 Å². The van der Waals surface area contributed by atoms with Crippen LogP contribution in [0.2, 0.25) is 0 Å². The van der Waals surface area contributed by atoms with Gasteiger partial charge in [0.05, 0.1) is 14.2 Å². The molecule has 0 aliphatic heterocycles. The van der Waals surface area contributed by atoms with Crippen LogP contribution in [0.15, 0.2) is 23.4 Å². The van der Waals surface area contributed by atoms with Crippen molar-refractivity contribution in [3.8, 4) is 11.5 Å². The summed E-state index contributed by atoms with van der Waals surface area (Å²) in [6, 6.07) is 5.79. The van der Waals surface area contributed by atoms with E-state index in [4.69, 9.17) is 20.4 Å². The van der Waals surface area contributed by atoms with Crippen molar-refractivity contribution in [3.05, 3.63) is 23.8 Å². The quantitative estimate of drug-likeness (QED) is 0.343. The predicted molar refractivity (Wildman–Crippen MR) is 65.9 cm³/mol. The summed E-state index contributed by atoms with van der Waals surface area (Å²) in [5, 5.41) is 11.3. The zero-order valence-corrected chi connectivity index (χ0v) is 10.1. The molecule has 17 heavy (non-hydrogen) atoms. The van der Waals surface area contributed by atoms with Crippen molar-refractivity contribution < 1.29 is 14.7 Å². The van der Waals surface area contributed by atoms with E-state index in [1.807, 2.05) is 18.2 Å². The molecule has 0 amide bonds. The highest BCUT2D eigenvalue weighted by Crippen LogP contribution is 2.28. The predicted octanol–water partition coefficient (Wildman–Crippen LogP) is 1.77. The first-order chi connectivity index (χ1) is 8.21. The van der Waals surface area contributed by atoms with Gasteiger partial charge in [-0.1, -0.05) is 11.2 Å². The fourth-order valence-corrected chi connectivity index (χ4v) is 1.56. The largest absolute Gasteiger partial charge is 0.493 e. The summed E-state index contributed by atoms with van der Waals surface area (Å²) in [5.41, 5.74) is 6.53. The number of benzene rings is 1. The number of oxime groups is 1. The summed E-state index contributed by atoms with van der Waals surface area (Å²) in [6.07, 6.45) is 2.24. The van der Waals surface area contributed by atoms with E-state index in [1.165, 1.54) is 0 Å². The molecule has 3 N–H and O–H groups in total. The van der Waals surface area contributed by atoms with E-state index in [9.17, 15) is 0 Å². The number of methoxy groups -OCH3 is 2. The van der Waals surface area contributed by atoms with Crippen molar-refractivity contribution in [2.75, 3.05) is 14.2 Å². The Balaban J connectivity index is 2.60. The fourth-order valence-electron chi connectivity index (χ4n) is 1.56. The zero-order chi connectivity index (χ0) is 12.7. The molecule has 0 aliphatic carbocycles. The Morgan fingerprint density at radius 1 is 1.29 bits per heavy atom. The molecular formula is C12H18N2O3. The van der Waals surface area contributed by atoms with Crippen LogP contribution >= 0.6 is 0 Å². The molecule has 0 heterocycles. The van der Waals surface area contributed by atoms with Gasteiger partial charge in [-0.3, -0.25) is 0 Å². The molecule has 0 atom stereocenters. The Kier molecular flexibility index (Phi) is 5.13. The van der Waals surface area contributed by atoms with Gasteiger partial charge in [-0.15, -0.1) is 0 Å². The second kappa shape index (κ2) is 6.62. The monoisotopic (exact) mass is 238 g/mol. The lowest BCUT2D eigenvalue weighted by atomic mass is 10.1. The highest BCUT2D eigenvalue weighted by atomic mass is 16.5. The summed E-state index contributed by atoms with van der Waals surface area (Å²) in [7, 11) is 3.22. The molecule has 1 rings (SSSR count). The van der Waals surface area contributed by atoms with Crippen molar-refractivity contribution in [2.45, 2.75) is 19.3 Å². The van der Waals surface area contributed by atoms with Crippen LogP contribution in [0.5, 0.6) is 11.5 Å². The number of aryl methyl sites for hydroxylation is 1. The minimum Gasteiger partial charge on any atom is -0.493 e. The zero-order valence-electron chi connectivity index (χ0n) is 10.1. The number of amidine groups is 1. The molecule has 94 valence electrons. The lowest BCUT2D eigenvalue weighted by Crippen LogP contribution is -2.11. The van der Waals surface area contributed by atoms with Crippen LogP contribution in [0, 0.1) is 0 Å². The maximum Gasteiger partial charge on any atom is 0.160 e. The molecule has 5 heteroatoms. The topological polar surface area (TPSA) is 77.1 Å². The molecule has 0 spiro atoms. The Hall–Kier alpha value is -1.91. The summed E-state index contributed by atoms with van der Waals surface area (Å²) >= 11 is 0. The fraction of sp³-hybridized carbons (Fsp3) is 0.417. The number of nitrogens with zero attached hydrogens (tertiary/aromatic N) is 1. The highest BCUT2D eigenvalue weighted by Gasteiger charge is 2.04. The van der Waals surface area contributed by atoms with Gasteiger partial charge < -0.3 is 20.4 Å². The van der Waals surface area contributed by atoms with Gasteiger partial charge in [-0.25, -0.2) is 0 Å². The Bertz CT molecular complexity index is 391. The van der Waals surface area contributed by atoms with Crippen molar-refractivity contribution in [1.29, 1.82) is 0 Å². The summed E-state index contributed by atoms with van der Waals surface area (Å²) in [6.45, 7) is 0. The van der Waals surface area contributed by atoms with Crippen LogP contribution in [0.1, 0.15) is 18.4 Å².